The third-order valence-electron chi connectivity index (χ3n) is 1.81. The lowest BCUT2D eigenvalue weighted by Crippen LogP contribution is -1.87. The third-order valence-corrected chi connectivity index (χ3v) is 2.86. The van der Waals surface area contributed by atoms with Crippen LogP contribution in [0.4, 0.5) is 9.52 Å². The van der Waals surface area contributed by atoms with Crippen LogP contribution in [0.3, 0.4) is 0 Å². The van der Waals surface area contributed by atoms with Gasteiger partial charge >= 0.3 is 0 Å². The highest BCUT2D eigenvalue weighted by molar-refractivity contribution is 7.09. The predicted octanol–water partition coefficient (Wildman–Crippen LogP) is 3.04. The molecular weight excluding hydrogens is 237 g/mol. The van der Waals surface area contributed by atoms with E-state index in [9.17, 15) is 4.39 Å². The van der Waals surface area contributed by atoms with Gasteiger partial charge in [-0.05, 0) is 18.2 Å². The number of hydrogen-bond acceptors (Lipinski definition) is 4. The molecule has 0 aliphatic carbocycles. The maximum absolute atomic E-state index is 12.8. The molecule has 0 saturated carbocycles. The highest BCUT2D eigenvalue weighted by Gasteiger charge is 2.09. The molecule has 0 fully saturated rings. The van der Waals surface area contributed by atoms with Crippen LogP contribution in [0.2, 0.25) is 5.02 Å². The van der Waals surface area contributed by atoms with Crippen LogP contribution < -0.4 is 5.32 Å². The summed E-state index contributed by atoms with van der Waals surface area (Å²) in [5.41, 5.74) is 0.635. The first kappa shape index (κ1) is 10.3. The molecule has 0 spiro atoms. The average Bonchev–Trinajstić information content (AvgIpc) is 2.66. The lowest BCUT2D eigenvalue weighted by molar-refractivity contribution is 0.628. The molecule has 0 bridgehead atoms. The van der Waals surface area contributed by atoms with Crippen LogP contribution in [0.1, 0.15) is 0 Å². The van der Waals surface area contributed by atoms with E-state index in [0.29, 0.717) is 21.5 Å². The molecule has 0 atom stereocenters. The molecule has 15 heavy (non-hydrogen) atoms. The highest BCUT2D eigenvalue weighted by Crippen LogP contribution is 2.28. The van der Waals surface area contributed by atoms with Crippen LogP contribution >= 0.6 is 23.1 Å². The molecule has 78 valence electrons. The molecule has 3 nitrogen and oxygen atoms in total. The molecule has 1 aromatic heterocycles. The zero-order valence-electron chi connectivity index (χ0n) is 7.79. The Kier molecular flexibility index (Phi) is 2.83. The summed E-state index contributed by atoms with van der Waals surface area (Å²) in [7, 11) is 1.76. The summed E-state index contributed by atoms with van der Waals surface area (Å²) in [5.74, 6) is 0.141. The number of rotatable bonds is 2. The largest absolute Gasteiger partial charge is 0.363 e. The Morgan fingerprint density at radius 2 is 2.27 bits per heavy atom. The number of aromatic nitrogens is 2. The minimum atomic E-state index is -0.368. The molecule has 2 rings (SSSR count). The first-order chi connectivity index (χ1) is 7.20. The summed E-state index contributed by atoms with van der Waals surface area (Å²) in [5, 5.41) is 3.89. The molecule has 6 heteroatoms. The standard InChI is InChI=1S/C9H7ClFN3S/c1-12-9-13-8(14-15-9)6-3-2-5(11)4-7(6)10/h2-4H,1H3,(H,12,13,14). The molecule has 0 aliphatic rings. The van der Waals surface area contributed by atoms with Crippen LogP contribution in [-0.4, -0.2) is 16.4 Å². The summed E-state index contributed by atoms with van der Waals surface area (Å²) >= 11 is 7.11. The summed E-state index contributed by atoms with van der Waals surface area (Å²) < 4.78 is 16.9. The number of benzene rings is 1. The van der Waals surface area contributed by atoms with Crippen LogP contribution in [0.15, 0.2) is 18.2 Å². The fourth-order valence-corrected chi connectivity index (χ4v) is 1.89. The second-order valence-corrected chi connectivity index (χ2v) is 3.96. The number of anilines is 1. The lowest BCUT2D eigenvalue weighted by atomic mass is 10.2. The van der Waals surface area contributed by atoms with Crippen LogP contribution in [0.5, 0.6) is 0 Å². The molecule has 0 radical (unpaired) electrons. The van der Waals surface area contributed by atoms with Crippen molar-refractivity contribution in [2.24, 2.45) is 0 Å². The van der Waals surface area contributed by atoms with Crippen molar-refractivity contribution in [3.8, 4) is 11.4 Å². The van der Waals surface area contributed by atoms with E-state index in [2.05, 4.69) is 14.7 Å². The predicted molar refractivity (Wildman–Crippen MR) is 59.9 cm³/mol. The van der Waals surface area contributed by atoms with Crippen LogP contribution in [0, 0.1) is 5.82 Å². The van der Waals surface area contributed by atoms with Gasteiger partial charge in [-0.2, -0.15) is 9.36 Å². The smallest absolute Gasteiger partial charge is 0.202 e. The first-order valence-electron chi connectivity index (χ1n) is 4.17. The maximum atomic E-state index is 12.8. The van der Waals surface area contributed by atoms with Crippen molar-refractivity contribution in [2.45, 2.75) is 0 Å². The van der Waals surface area contributed by atoms with Gasteiger partial charge in [0, 0.05) is 24.1 Å². The number of nitrogens with zero attached hydrogens (tertiary/aromatic N) is 2. The van der Waals surface area contributed by atoms with E-state index in [1.165, 1.54) is 23.7 Å². The van der Waals surface area contributed by atoms with E-state index in [1.807, 2.05) is 0 Å². The molecule has 1 heterocycles. The molecule has 0 aliphatic heterocycles. The molecule has 0 saturated heterocycles. The Morgan fingerprint density at radius 3 is 2.87 bits per heavy atom. The van der Waals surface area contributed by atoms with Gasteiger partial charge in [0.2, 0.25) is 5.13 Å². The Labute approximate surface area is 95.1 Å². The monoisotopic (exact) mass is 243 g/mol. The normalized spacial score (nSPS) is 10.3. The van der Waals surface area contributed by atoms with Gasteiger partial charge in [0.25, 0.3) is 0 Å². The van der Waals surface area contributed by atoms with E-state index in [0.717, 1.165) is 0 Å². The molecular formula is C9H7ClFN3S. The van der Waals surface area contributed by atoms with Gasteiger partial charge in [-0.3, -0.25) is 0 Å². The molecule has 0 unspecified atom stereocenters. The molecule has 1 aromatic carbocycles. The lowest BCUT2D eigenvalue weighted by Gasteiger charge is -1.98. The van der Waals surface area contributed by atoms with Crippen molar-refractivity contribution in [2.75, 3.05) is 12.4 Å². The van der Waals surface area contributed by atoms with Crippen LogP contribution in [0.25, 0.3) is 11.4 Å². The van der Waals surface area contributed by atoms with Crippen molar-refractivity contribution in [1.82, 2.24) is 9.36 Å². The van der Waals surface area contributed by atoms with Gasteiger partial charge in [-0.15, -0.1) is 0 Å². The summed E-state index contributed by atoms with van der Waals surface area (Å²) in [6.07, 6.45) is 0. The molecule has 0 amide bonds. The van der Waals surface area contributed by atoms with Gasteiger partial charge in [0.1, 0.15) is 5.82 Å². The van der Waals surface area contributed by atoms with Gasteiger partial charge in [0.15, 0.2) is 5.82 Å². The Hall–Kier alpha value is -1.20. The summed E-state index contributed by atoms with van der Waals surface area (Å²) in [6, 6.07) is 4.15. The van der Waals surface area contributed by atoms with E-state index in [4.69, 9.17) is 11.6 Å². The van der Waals surface area contributed by atoms with Crippen molar-refractivity contribution in [3.05, 3.63) is 29.0 Å². The van der Waals surface area contributed by atoms with E-state index >= 15 is 0 Å². The molecule has 1 N–H and O–H groups in total. The van der Waals surface area contributed by atoms with Gasteiger partial charge in [-0.25, -0.2) is 4.39 Å². The van der Waals surface area contributed by atoms with Crippen molar-refractivity contribution in [3.63, 3.8) is 0 Å². The van der Waals surface area contributed by atoms with Crippen molar-refractivity contribution < 1.29 is 4.39 Å². The summed E-state index contributed by atoms with van der Waals surface area (Å²) in [4.78, 5) is 4.18. The van der Waals surface area contributed by atoms with Gasteiger partial charge < -0.3 is 5.32 Å². The van der Waals surface area contributed by atoms with E-state index < -0.39 is 0 Å². The topological polar surface area (TPSA) is 37.8 Å². The highest BCUT2D eigenvalue weighted by atomic mass is 35.5. The zero-order valence-corrected chi connectivity index (χ0v) is 9.36. The number of hydrogen-bond donors (Lipinski definition) is 1. The second-order valence-electron chi connectivity index (χ2n) is 2.80. The fourth-order valence-electron chi connectivity index (χ4n) is 1.11. The number of nitrogens with one attached hydrogen (secondary N) is 1. The second kappa shape index (κ2) is 4.12. The Morgan fingerprint density at radius 1 is 1.47 bits per heavy atom. The van der Waals surface area contributed by atoms with Crippen molar-refractivity contribution in [1.29, 1.82) is 0 Å². The SMILES string of the molecule is CNc1nc(-c2ccc(F)cc2Cl)ns1. The molecule has 2 aromatic rings. The quantitative estimate of drug-likeness (QED) is 0.881. The zero-order chi connectivity index (χ0) is 10.8. The van der Waals surface area contributed by atoms with Gasteiger partial charge in [0.05, 0.1) is 5.02 Å². The van der Waals surface area contributed by atoms with E-state index in [1.54, 1.807) is 13.1 Å². The van der Waals surface area contributed by atoms with Crippen molar-refractivity contribution >= 4 is 28.3 Å². The fraction of sp³-hybridized carbons (Fsp3) is 0.111. The van der Waals surface area contributed by atoms with E-state index in [-0.39, 0.29) is 5.82 Å². The average molecular weight is 244 g/mol. The Bertz CT molecular complexity index is 486. The Balaban J connectivity index is 2.44. The first-order valence-corrected chi connectivity index (χ1v) is 5.32. The third kappa shape index (κ3) is 2.08. The van der Waals surface area contributed by atoms with Crippen LogP contribution in [-0.2, 0) is 0 Å². The number of halogens is 2. The van der Waals surface area contributed by atoms with Gasteiger partial charge in [-0.1, -0.05) is 11.6 Å². The minimum absolute atomic E-state index is 0.315. The summed E-state index contributed by atoms with van der Waals surface area (Å²) in [6.45, 7) is 0. The maximum Gasteiger partial charge on any atom is 0.202 e. The minimum Gasteiger partial charge on any atom is -0.363 e.